The first kappa shape index (κ1) is 20.7. The summed E-state index contributed by atoms with van der Waals surface area (Å²) in [6, 6.07) is -2.29. The molecule has 0 radical (unpaired) electrons. The molecule has 24 heavy (non-hydrogen) atoms. The van der Waals surface area contributed by atoms with Crippen molar-refractivity contribution in [1.82, 2.24) is 10.2 Å². The summed E-state index contributed by atoms with van der Waals surface area (Å²) in [5.41, 5.74) is 0. The number of carboxylic acids is 2. The molecule has 1 unspecified atom stereocenters. The first-order valence-corrected chi connectivity index (χ1v) is 8.40. The van der Waals surface area contributed by atoms with Gasteiger partial charge in [-0.3, -0.25) is 14.9 Å². The van der Waals surface area contributed by atoms with Crippen molar-refractivity contribution in [2.75, 3.05) is 0 Å². The molecule has 1 aliphatic carbocycles. The van der Waals surface area contributed by atoms with Crippen LogP contribution < -0.4 is 5.32 Å². The van der Waals surface area contributed by atoms with Gasteiger partial charge in [-0.15, -0.1) is 12.4 Å². The number of carbonyl (C=O) groups is 3. The summed E-state index contributed by atoms with van der Waals surface area (Å²) in [7, 11) is 0. The lowest BCUT2D eigenvalue weighted by Gasteiger charge is -2.31. The average molecular weight is 363 g/mol. The number of aliphatic carboxylic acids is 2. The third-order valence-electron chi connectivity index (χ3n) is 5.07. The molecule has 138 valence electrons. The molecule has 2 rings (SSSR count). The molecular weight excluding hydrogens is 336 g/mol. The number of amides is 1. The van der Waals surface area contributed by atoms with Gasteiger partial charge in [0.1, 0.15) is 12.1 Å². The number of hydrogen-bond acceptors (Lipinski definition) is 4. The third kappa shape index (κ3) is 4.19. The van der Waals surface area contributed by atoms with Crippen LogP contribution in [-0.4, -0.2) is 57.1 Å². The van der Waals surface area contributed by atoms with Crippen LogP contribution in [0.5, 0.6) is 0 Å². The van der Waals surface area contributed by atoms with Crippen LogP contribution in [0.4, 0.5) is 0 Å². The molecule has 1 saturated carbocycles. The molecule has 1 aliphatic heterocycles. The Bertz CT molecular complexity index is 487. The van der Waals surface area contributed by atoms with Crippen molar-refractivity contribution in [1.29, 1.82) is 0 Å². The Morgan fingerprint density at radius 2 is 1.92 bits per heavy atom. The molecule has 1 amide bonds. The first-order valence-electron chi connectivity index (χ1n) is 8.40. The summed E-state index contributed by atoms with van der Waals surface area (Å²) in [6.45, 7) is 3.50. The molecule has 8 heteroatoms. The Hall–Kier alpha value is -1.34. The normalized spacial score (nSPS) is 27.9. The van der Waals surface area contributed by atoms with E-state index in [4.69, 9.17) is 0 Å². The summed E-state index contributed by atoms with van der Waals surface area (Å²) in [5, 5.41) is 21.5. The van der Waals surface area contributed by atoms with E-state index in [0.717, 1.165) is 19.3 Å². The second-order valence-electron chi connectivity index (χ2n) is 6.66. The van der Waals surface area contributed by atoms with E-state index in [-0.39, 0.29) is 30.3 Å². The highest BCUT2D eigenvalue weighted by atomic mass is 35.5. The summed E-state index contributed by atoms with van der Waals surface area (Å²) in [6.07, 6.45) is 4.45. The van der Waals surface area contributed by atoms with Crippen LogP contribution in [0.2, 0.25) is 0 Å². The number of nitrogens with zero attached hydrogens (tertiary/aromatic N) is 1. The lowest BCUT2D eigenvalue weighted by atomic mass is 10.0. The van der Waals surface area contributed by atoms with Crippen LogP contribution in [0, 0.1) is 5.92 Å². The lowest BCUT2D eigenvalue weighted by molar-refractivity contribution is -0.151. The smallest absolute Gasteiger partial charge is 0.326 e. The molecular formula is C16H27ClN2O5. The largest absolute Gasteiger partial charge is 0.480 e. The number of rotatable bonds is 7. The Morgan fingerprint density at radius 3 is 2.46 bits per heavy atom. The molecule has 1 saturated heterocycles. The topological polar surface area (TPSA) is 107 Å². The van der Waals surface area contributed by atoms with Gasteiger partial charge < -0.3 is 15.1 Å². The highest BCUT2D eigenvalue weighted by Gasteiger charge is 2.49. The van der Waals surface area contributed by atoms with Crippen molar-refractivity contribution < 1.29 is 24.6 Å². The minimum Gasteiger partial charge on any atom is -0.480 e. The fraction of sp³-hybridized carbons (Fsp3) is 0.812. The Balaban J connectivity index is 0.00000288. The van der Waals surface area contributed by atoms with Crippen molar-refractivity contribution in [3.05, 3.63) is 0 Å². The zero-order chi connectivity index (χ0) is 17.1. The molecule has 0 aromatic heterocycles. The van der Waals surface area contributed by atoms with E-state index < -0.39 is 30.1 Å². The minimum atomic E-state index is -0.985. The molecule has 5 atom stereocenters. The maximum absolute atomic E-state index is 12.8. The number of likely N-dealkylation sites (tertiary alicyclic amines) is 1. The van der Waals surface area contributed by atoms with Crippen molar-refractivity contribution in [3.8, 4) is 0 Å². The molecule has 3 N–H and O–H groups in total. The van der Waals surface area contributed by atoms with Crippen molar-refractivity contribution in [2.45, 2.75) is 76.5 Å². The quantitative estimate of drug-likeness (QED) is 0.633. The molecule has 0 spiro atoms. The predicted octanol–water partition coefficient (Wildman–Crippen LogP) is 1.49. The van der Waals surface area contributed by atoms with Crippen LogP contribution in [0.3, 0.4) is 0 Å². The number of halogens is 1. The molecule has 1 heterocycles. The Labute approximate surface area is 148 Å². The lowest BCUT2D eigenvalue weighted by Crippen LogP contribution is -2.55. The molecule has 7 nitrogen and oxygen atoms in total. The SMILES string of the molecule is CCC[C@H](N[C@@H](C)C(=O)N1C(C(=O)O)C[C@H]2CCC[C@H]21)C(=O)O.Cl. The van der Waals surface area contributed by atoms with Crippen molar-refractivity contribution in [3.63, 3.8) is 0 Å². The first-order chi connectivity index (χ1) is 10.9. The number of nitrogens with one attached hydrogen (secondary N) is 1. The molecule has 2 aliphatic rings. The van der Waals surface area contributed by atoms with Crippen LogP contribution in [-0.2, 0) is 14.4 Å². The van der Waals surface area contributed by atoms with E-state index in [1.165, 1.54) is 4.90 Å². The van der Waals surface area contributed by atoms with Gasteiger partial charge in [0.2, 0.25) is 5.91 Å². The molecule has 0 aromatic carbocycles. The standard InChI is InChI=1S/C16H26N2O5.ClH/c1-3-5-11(15(20)21)17-9(2)14(19)18-12-7-4-6-10(12)8-13(18)16(22)23;/h9-13,17H,3-8H2,1-2H3,(H,20,21)(H,22,23);1H/t9-,10+,11-,12+,13?;/m0./s1. The zero-order valence-electron chi connectivity index (χ0n) is 14.1. The number of carbonyl (C=O) groups excluding carboxylic acids is 1. The van der Waals surface area contributed by atoms with Crippen LogP contribution in [0.1, 0.15) is 52.4 Å². The molecule has 0 aromatic rings. The van der Waals surface area contributed by atoms with Gasteiger partial charge in [0.25, 0.3) is 0 Å². The van der Waals surface area contributed by atoms with E-state index >= 15 is 0 Å². The van der Waals surface area contributed by atoms with Crippen LogP contribution in [0.25, 0.3) is 0 Å². The van der Waals surface area contributed by atoms with Gasteiger partial charge in [0.15, 0.2) is 0 Å². The van der Waals surface area contributed by atoms with Gasteiger partial charge in [0, 0.05) is 6.04 Å². The second-order valence-corrected chi connectivity index (χ2v) is 6.66. The van der Waals surface area contributed by atoms with Gasteiger partial charge >= 0.3 is 11.9 Å². The minimum absolute atomic E-state index is 0. The maximum atomic E-state index is 12.8. The van der Waals surface area contributed by atoms with Gasteiger partial charge in [-0.1, -0.05) is 19.8 Å². The van der Waals surface area contributed by atoms with Gasteiger partial charge in [-0.05, 0) is 38.5 Å². The van der Waals surface area contributed by atoms with Crippen molar-refractivity contribution >= 4 is 30.3 Å². The fourth-order valence-corrected chi connectivity index (χ4v) is 3.99. The van der Waals surface area contributed by atoms with Gasteiger partial charge in [-0.2, -0.15) is 0 Å². The zero-order valence-corrected chi connectivity index (χ0v) is 14.9. The summed E-state index contributed by atoms with van der Waals surface area (Å²) in [5.74, 6) is -1.99. The third-order valence-corrected chi connectivity index (χ3v) is 5.07. The summed E-state index contributed by atoms with van der Waals surface area (Å²) in [4.78, 5) is 37.0. The summed E-state index contributed by atoms with van der Waals surface area (Å²) >= 11 is 0. The van der Waals surface area contributed by atoms with E-state index in [0.29, 0.717) is 19.3 Å². The fourth-order valence-electron chi connectivity index (χ4n) is 3.99. The van der Waals surface area contributed by atoms with Gasteiger partial charge in [0.05, 0.1) is 6.04 Å². The summed E-state index contributed by atoms with van der Waals surface area (Å²) < 4.78 is 0. The Kier molecular flexibility index (Phi) is 7.48. The van der Waals surface area contributed by atoms with Crippen molar-refractivity contribution in [2.24, 2.45) is 5.92 Å². The number of carboxylic acid groups (broad SMARTS) is 2. The van der Waals surface area contributed by atoms with Crippen LogP contribution >= 0.6 is 12.4 Å². The van der Waals surface area contributed by atoms with E-state index in [9.17, 15) is 24.6 Å². The predicted molar refractivity (Wildman–Crippen MR) is 90.2 cm³/mol. The monoisotopic (exact) mass is 362 g/mol. The van der Waals surface area contributed by atoms with E-state index in [1.807, 2.05) is 6.92 Å². The van der Waals surface area contributed by atoms with E-state index in [2.05, 4.69) is 5.32 Å². The highest BCUT2D eigenvalue weighted by Crippen LogP contribution is 2.41. The second kappa shape index (κ2) is 8.67. The van der Waals surface area contributed by atoms with Gasteiger partial charge in [-0.25, -0.2) is 4.79 Å². The average Bonchev–Trinajstić information content (AvgIpc) is 3.05. The highest BCUT2D eigenvalue weighted by molar-refractivity contribution is 5.88. The van der Waals surface area contributed by atoms with E-state index in [1.54, 1.807) is 6.92 Å². The molecule has 0 bridgehead atoms. The van der Waals surface area contributed by atoms with Crippen LogP contribution in [0.15, 0.2) is 0 Å². The Morgan fingerprint density at radius 1 is 1.25 bits per heavy atom. The number of hydrogen-bond donors (Lipinski definition) is 3. The number of fused-ring (bicyclic) bond motifs is 1. The maximum Gasteiger partial charge on any atom is 0.326 e. The molecule has 2 fully saturated rings.